The molecule has 3 atom stereocenters. The predicted molar refractivity (Wildman–Crippen MR) is 93.3 cm³/mol. The smallest absolute Gasteiger partial charge is 0.392 e. The maximum absolute atomic E-state index is 13.5. The first kappa shape index (κ1) is 19.8. The fraction of sp³-hybridized carbons (Fsp3) is 0.611. The number of aliphatic hydroxyl groups excluding tert-OH is 1. The highest BCUT2D eigenvalue weighted by Crippen LogP contribution is 2.36. The summed E-state index contributed by atoms with van der Waals surface area (Å²) < 4.78 is 41.7. The number of halogens is 3. The molecule has 1 aliphatic rings. The Morgan fingerprint density at radius 3 is 2.70 bits per heavy atom. The molecule has 2 aromatic heterocycles. The van der Waals surface area contributed by atoms with Crippen LogP contribution in [-0.2, 0) is 12.6 Å². The molecule has 6 nitrogen and oxygen atoms in total. The molecule has 1 saturated carbocycles. The van der Waals surface area contributed by atoms with Gasteiger partial charge in [-0.05, 0) is 37.3 Å². The summed E-state index contributed by atoms with van der Waals surface area (Å²) in [7, 11) is 0. The maximum Gasteiger partial charge on any atom is 0.420 e. The van der Waals surface area contributed by atoms with Gasteiger partial charge in [0.25, 0.3) is 0 Å². The first-order valence-corrected chi connectivity index (χ1v) is 9.09. The Labute approximate surface area is 155 Å². The zero-order valence-corrected chi connectivity index (χ0v) is 15.3. The molecule has 27 heavy (non-hydrogen) atoms. The third-order valence-electron chi connectivity index (χ3n) is 4.79. The molecule has 0 radical (unpaired) electrons. The molecule has 0 unspecified atom stereocenters. The van der Waals surface area contributed by atoms with Gasteiger partial charge in [0.2, 0.25) is 0 Å². The molecular formula is C18H24F3N5O. The third-order valence-corrected chi connectivity index (χ3v) is 4.79. The fourth-order valence-corrected chi connectivity index (χ4v) is 3.45. The largest absolute Gasteiger partial charge is 0.420 e. The van der Waals surface area contributed by atoms with Crippen LogP contribution in [0.3, 0.4) is 0 Å². The minimum atomic E-state index is -4.55. The monoisotopic (exact) mass is 383 g/mol. The summed E-state index contributed by atoms with van der Waals surface area (Å²) in [4.78, 5) is 8.50. The van der Waals surface area contributed by atoms with E-state index in [-0.39, 0.29) is 17.7 Å². The van der Waals surface area contributed by atoms with Gasteiger partial charge < -0.3 is 10.8 Å². The van der Waals surface area contributed by atoms with E-state index in [4.69, 9.17) is 5.73 Å². The summed E-state index contributed by atoms with van der Waals surface area (Å²) in [6.07, 6.45) is -1.79. The molecule has 3 rings (SSSR count). The van der Waals surface area contributed by atoms with Gasteiger partial charge >= 0.3 is 6.18 Å². The van der Waals surface area contributed by atoms with Gasteiger partial charge in [-0.3, -0.25) is 0 Å². The second-order valence-electron chi connectivity index (χ2n) is 7.51. The molecule has 2 heterocycles. The van der Waals surface area contributed by atoms with Crippen molar-refractivity contribution < 1.29 is 18.3 Å². The SMILES string of the molecule is CC(C)Cc1nc([C@H]2CC[C@@H](O)[C@H](N)C2)n(-c2ncccc2C(F)(F)F)n1. The molecule has 148 valence electrons. The first-order chi connectivity index (χ1) is 12.7. The van der Waals surface area contributed by atoms with Crippen molar-refractivity contribution in [2.75, 3.05) is 0 Å². The second kappa shape index (κ2) is 7.55. The lowest BCUT2D eigenvalue weighted by atomic mass is 9.83. The zero-order valence-electron chi connectivity index (χ0n) is 15.3. The van der Waals surface area contributed by atoms with Gasteiger partial charge in [-0.15, -0.1) is 5.10 Å². The van der Waals surface area contributed by atoms with Gasteiger partial charge in [-0.25, -0.2) is 9.97 Å². The van der Waals surface area contributed by atoms with Crippen LogP contribution >= 0.6 is 0 Å². The average Bonchev–Trinajstić information content (AvgIpc) is 2.99. The van der Waals surface area contributed by atoms with Gasteiger partial charge in [0.1, 0.15) is 11.4 Å². The van der Waals surface area contributed by atoms with Gasteiger partial charge in [-0.1, -0.05) is 13.8 Å². The Balaban J connectivity index is 2.08. The number of rotatable bonds is 4. The van der Waals surface area contributed by atoms with Crippen LogP contribution in [0.2, 0.25) is 0 Å². The van der Waals surface area contributed by atoms with Crippen molar-refractivity contribution in [2.24, 2.45) is 11.7 Å². The minimum Gasteiger partial charge on any atom is -0.392 e. The zero-order chi connectivity index (χ0) is 19.8. The molecule has 3 N–H and O–H groups in total. The maximum atomic E-state index is 13.5. The predicted octanol–water partition coefficient (Wildman–Crippen LogP) is 2.84. The van der Waals surface area contributed by atoms with Crippen molar-refractivity contribution in [1.29, 1.82) is 0 Å². The van der Waals surface area contributed by atoms with E-state index < -0.39 is 23.9 Å². The van der Waals surface area contributed by atoms with Crippen molar-refractivity contribution in [1.82, 2.24) is 19.7 Å². The molecule has 0 aliphatic heterocycles. The van der Waals surface area contributed by atoms with E-state index in [0.29, 0.717) is 37.3 Å². The summed E-state index contributed by atoms with van der Waals surface area (Å²) >= 11 is 0. The molecule has 9 heteroatoms. The number of hydrogen-bond donors (Lipinski definition) is 2. The van der Waals surface area contributed by atoms with Crippen LogP contribution in [0.15, 0.2) is 18.3 Å². The topological polar surface area (TPSA) is 89.8 Å². The Morgan fingerprint density at radius 2 is 2.07 bits per heavy atom. The van der Waals surface area contributed by atoms with Crippen LogP contribution in [0, 0.1) is 5.92 Å². The van der Waals surface area contributed by atoms with E-state index >= 15 is 0 Å². The van der Waals surface area contributed by atoms with Gasteiger partial charge in [0.15, 0.2) is 11.6 Å². The number of aromatic nitrogens is 4. The van der Waals surface area contributed by atoms with E-state index in [1.165, 1.54) is 16.9 Å². The van der Waals surface area contributed by atoms with Crippen molar-refractivity contribution in [2.45, 2.75) is 63.8 Å². The van der Waals surface area contributed by atoms with Crippen LogP contribution in [0.1, 0.15) is 56.2 Å². The highest BCUT2D eigenvalue weighted by atomic mass is 19.4. The van der Waals surface area contributed by atoms with Crippen LogP contribution < -0.4 is 5.73 Å². The number of nitrogens with two attached hydrogens (primary N) is 1. The van der Waals surface area contributed by atoms with E-state index in [9.17, 15) is 18.3 Å². The average molecular weight is 383 g/mol. The van der Waals surface area contributed by atoms with Crippen LogP contribution in [0.5, 0.6) is 0 Å². The van der Waals surface area contributed by atoms with Crippen molar-refractivity contribution in [3.8, 4) is 5.82 Å². The highest BCUT2D eigenvalue weighted by Gasteiger charge is 2.37. The van der Waals surface area contributed by atoms with Gasteiger partial charge in [0, 0.05) is 24.6 Å². The number of hydrogen-bond acceptors (Lipinski definition) is 5. The van der Waals surface area contributed by atoms with Crippen LogP contribution in [-0.4, -0.2) is 37.0 Å². The van der Waals surface area contributed by atoms with Gasteiger partial charge in [0.05, 0.1) is 6.10 Å². The second-order valence-corrected chi connectivity index (χ2v) is 7.51. The molecule has 0 aromatic carbocycles. The van der Waals surface area contributed by atoms with Crippen molar-refractivity contribution in [3.05, 3.63) is 35.5 Å². The molecule has 1 fully saturated rings. The Morgan fingerprint density at radius 1 is 1.33 bits per heavy atom. The Kier molecular flexibility index (Phi) is 5.53. The molecular weight excluding hydrogens is 359 g/mol. The quantitative estimate of drug-likeness (QED) is 0.847. The summed E-state index contributed by atoms with van der Waals surface area (Å²) in [5, 5.41) is 14.2. The highest BCUT2D eigenvalue weighted by molar-refractivity contribution is 5.36. The molecule has 0 spiro atoms. The number of pyridine rings is 1. The van der Waals surface area contributed by atoms with Crippen molar-refractivity contribution in [3.63, 3.8) is 0 Å². The Bertz CT molecular complexity index is 790. The number of aliphatic hydroxyl groups is 1. The number of alkyl halides is 3. The Hall–Kier alpha value is -2.00. The first-order valence-electron chi connectivity index (χ1n) is 9.09. The summed E-state index contributed by atoms with van der Waals surface area (Å²) in [5.41, 5.74) is 5.12. The molecule has 0 saturated heterocycles. The summed E-state index contributed by atoms with van der Waals surface area (Å²) in [6.45, 7) is 3.99. The van der Waals surface area contributed by atoms with E-state index in [1.54, 1.807) is 0 Å². The molecule has 2 aromatic rings. The van der Waals surface area contributed by atoms with Gasteiger partial charge in [-0.2, -0.15) is 17.9 Å². The lowest BCUT2D eigenvalue weighted by molar-refractivity contribution is -0.137. The molecule has 0 amide bonds. The van der Waals surface area contributed by atoms with E-state index in [2.05, 4.69) is 15.1 Å². The van der Waals surface area contributed by atoms with Crippen LogP contribution in [0.25, 0.3) is 5.82 Å². The summed E-state index contributed by atoms with van der Waals surface area (Å²) in [5.74, 6) is 0.715. The lowest BCUT2D eigenvalue weighted by Crippen LogP contribution is -2.40. The van der Waals surface area contributed by atoms with Crippen molar-refractivity contribution >= 4 is 0 Å². The molecule has 0 bridgehead atoms. The normalized spacial score (nSPS) is 23.8. The van der Waals surface area contributed by atoms with E-state index in [0.717, 1.165) is 6.07 Å². The standard InChI is InChI=1S/C18H24F3N5O/c1-10(2)8-15-24-16(11-5-6-14(27)13(22)9-11)26(25-15)17-12(18(19,20)21)4-3-7-23-17/h3-4,7,10-11,13-14,27H,5-6,8-9,22H2,1-2H3/t11-,13+,14+/m0/s1. The fourth-order valence-electron chi connectivity index (χ4n) is 3.45. The van der Waals surface area contributed by atoms with Crippen LogP contribution in [0.4, 0.5) is 13.2 Å². The summed E-state index contributed by atoms with van der Waals surface area (Å²) in [6, 6.07) is 1.81. The minimum absolute atomic E-state index is 0.181. The number of nitrogens with zero attached hydrogens (tertiary/aromatic N) is 4. The lowest BCUT2D eigenvalue weighted by Gasteiger charge is -2.30. The third kappa shape index (κ3) is 4.30. The van der Waals surface area contributed by atoms with E-state index in [1.807, 2.05) is 13.8 Å². The molecule has 1 aliphatic carbocycles.